The van der Waals surface area contributed by atoms with Gasteiger partial charge in [-0.25, -0.2) is 0 Å². The van der Waals surface area contributed by atoms with Gasteiger partial charge in [0.25, 0.3) is 0 Å². The summed E-state index contributed by atoms with van der Waals surface area (Å²) in [5.74, 6) is 0.853. The van der Waals surface area contributed by atoms with Crippen molar-refractivity contribution in [2.24, 2.45) is 0 Å². The predicted octanol–water partition coefficient (Wildman–Crippen LogP) is 3.89. The molecule has 18 heavy (non-hydrogen) atoms. The smallest absolute Gasteiger partial charge is 0.106 e. The topological polar surface area (TPSA) is 33.4 Å². The number of hydrogen-bond donors (Lipinski definition) is 1. The highest BCUT2D eigenvalue weighted by Gasteiger charge is 2.17. The third-order valence-corrected chi connectivity index (χ3v) is 4.91. The van der Waals surface area contributed by atoms with Gasteiger partial charge in [0, 0.05) is 16.2 Å². The van der Waals surface area contributed by atoms with Crippen molar-refractivity contribution in [2.45, 2.75) is 44.6 Å². The summed E-state index contributed by atoms with van der Waals surface area (Å²) in [6.45, 7) is 0. The van der Waals surface area contributed by atoms with Crippen molar-refractivity contribution in [3.8, 4) is 0 Å². The first-order chi connectivity index (χ1) is 8.83. The normalized spacial score (nSPS) is 17.2. The molecule has 1 aliphatic carbocycles. The molecule has 3 heteroatoms. The minimum atomic E-state index is -0.423. The van der Waals surface area contributed by atoms with Crippen molar-refractivity contribution >= 4 is 11.3 Å². The van der Waals surface area contributed by atoms with Gasteiger partial charge in [-0.15, -0.1) is 11.3 Å². The van der Waals surface area contributed by atoms with Crippen LogP contribution in [-0.4, -0.2) is 5.11 Å². The molecule has 3 rings (SSSR count). The van der Waals surface area contributed by atoms with Crippen LogP contribution >= 0.6 is 11.3 Å². The Morgan fingerprint density at radius 2 is 2.17 bits per heavy atom. The second-order valence-electron chi connectivity index (χ2n) is 4.96. The van der Waals surface area contributed by atoms with E-state index in [2.05, 4.69) is 6.07 Å². The van der Waals surface area contributed by atoms with E-state index in [-0.39, 0.29) is 0 Å². The van der Waals surface area contributed by atoms with Crippen LogP contribution in [-0.2, 0) is 19.3 Å². The Balaban J connectivity index is 1.76. The summed E-state index contributed by atoms with van der Waals surface area (Å²) < 4.78 is 5.29. The highest BCUT2D eigenvalue weighted by Crippen LogP contribution is 2.33. The molecule has 1 aliphatic rings. The fraction of sp³-hybridized carbons (Fsp3) is 0.467. The van der Waals surface area contributed by atoms with Gasteiger partial charge < -0.3 is 9.52 Å². The summed E-state index contributed by atoms with van der Waals surface area (Å²) >= 11 is 1.79. The van der Waals surface area contributed by atoms with E-state index in [1.165, 1.54) is 42.5 Å². The fourth-order valence-electron chi connectivity index (χ4n) is 2.57. The lowest BCUT2D eigenvalue weighted by atomic mass is 10.1. The Bertz CT molecular complexity index is 475. The number of thiophene rings is 1. The summed E-state index contributed by atoms with van der Waals surface area (Å²) in [5.41, 5.74) is 1.46. The summed E-state index contributed by atoms with van der Waals surface area (Å²) in [6.07, 6.45) is 8.10. The number of aliphatic hydroxyl groups excluding tert-OH is 1. The molecule has 2 nitrogen and oxygen atoms in total. The molecule has 96 valence electrons. The summed E-state index contributed by atoms with van der Waals surface area (Å²) in [6, 6.07) is 5.99. The predicted molar refractivity (Wildman–Crippen MR) is 72.9 cm³/mol. The highest BCUT2D eigenvalue weighted by atomic mass is 32.1. The number of aliphatic hydroxyl groups is 1. The molecule has 2 aromatic rings. The number of aryl methyl sites for hydroxylation is 2. The highest BCUT2D eigenvalue weighted by molar-refractivity contribution is 7.12. The van der Waals surface area contributed by atoms with E-state index in [0.29, 0.717) is 6.42 Å². The van der Waals surface area contributed by atoms with E-state index < -0.39 is 6.10 Å². The summed E-state index contributed by atoms with van der Waals surface area (Å²) in [7, 11) is 0. The van der Waals surface area contributed by atoms with Gasteiger partial charge in [-0.2, -0.15) is 0 Å². The monoisotopic (exact) mass is 262 g/mol. The van der Waals surface area contributed by atoms with E-state index in [1.54, 1.807) is 17.6 Å². The molecule has 0 bridgehead atoms. The molecule has 2 aromatic heterocycles. The Labute approximate surface area is 111 Å². The van der Waals surface area contributed by atoms with E-state index >= 15 is 0 Å². The van der Waals surface area contributed by atoms with Crippen molar-refractivity contribution in [1.29, 1.82) is 0 Å². The third kappa shape index (κ3) is 2.52. The molecule has 0 spiro atoms. The summed E-state index contributed by atoms with van der Waals surface area (Å²) in [4.78, 5) is 2.58. The molecule has 0 aromatic carbocycles. The first-order valence-corrected chi connectivity index (χ1v) is 7.46. The Hall–Kier alpha value is -1.06. The van der Waals surface area contributed by atoms with E-state index in [1.807, 2.05) is 12.1 Å². The molecule has 0 saturated heterocycles. The van der Waals surface area contributed by atoms with E-state index in [9.17, 15) is 5.11 Å². The van der Waals surface area contributed by atoms with Crippen LogP contribution in [0, 0.1) is 0 Å². The lowest BCUT2D eigenvalue weighted by Gasteiger charge is -2.05. The molecule has 0 fully saturated rings. The molecule has 1 unspecified atom stereocenters. The van der Waals surface area contributed by atoms with Gasteiger partial charge in [-0.1, -0.05) is 6.42 Å². The van der Waals surface area contributed by atoms with Crippen LogP contribution in [0.25, 0.3) is 0 Å². The average Bonchev–Trinajstić information content (AvgIpc) is 2.95. The van der Waals surface area contributed by atoms with Crippen molar-refractivity contribution < 1.29 is 9.52 Å². The maximum atomic E-state index is 10.3. The minimum Gasteiger partial charge on any atom is -0.469 e. The zero-order chi connectivity index (χ0) is 12.4. The zero-order valence-corrected chi connectivity index (χ0v) is 11.2. The van der Waals surface area contributed by atoms with Gasteiger partial charge in [0.15, 0.2) is 0 Å². The molecule has 2 heterocycles. The average molecular weight is 262 g/mol. The Morgan fingerprint density at radius 1 is 1.28 bits per heavy atom. The van der Waals surface area contributed by atoms with Gasteiger partial charge in [0.2, 0.25) is 0 Å². The third-order valence-electron chi connectivity index (χ3n) is 3.57. The van der Waals surface area contributed by atoms with Crippen molar-refractivity contribution in [2.75, 3.05) is 0 Å². The Morgan fingerprint density at radius 3 is 3.00 bits per heavy atom. The van der Waals surface area contributed by atoms with Crippen LogP contribution in [0.15, 0.2) is 28.9 Å². The van der Waals surface area contributed by atoms with Crippen LogP contribution in [0.2, 0.25) is 0 Å². The van der Waals surface area contributed by atoms with Crippen molar-refractivity contribution in [1.82, 2.24) is 0 Å². The summed E-state index contributed by atoms with van der Waals surface area (Å²) in [5, 5.41) is 10.3. The second-order valence-corrected chi connectivity index (χ2v) is 6.13. The number of fused-ring (bicyclic) bond motifs is 1. The minimum absolute atomic E-state index is 0.423. The molecule has 1 atom stereocenters. The molecular weight excluding hydrogens is 244 g/mol. The van der Waals surface area contributed by atoms with Gasteiger partial charge in [-0.3, -0.25) is 0 Å². The molecule has 0 aliphatic heterocycles. The first-order valence-electron chi connectivity index (χ1n) is 6.65. The lowest BCUT2D eigenvalue weighted by molar-refractivity contribution is 0.174. The SMILES string of the molecule is OC(Cc1ccco1)c1cc2c(s1)CCCCC2. The van der Waals surface area contributed by atoms with Gasteiger partial charge in [-0.05, 0) is 49.4 Å². The van der Waals surface area contributed by atoms with Gasteiger partial charge >= 0.3 is 0 Å². The van der Waals surface area contributed by atoms with E-state index in [4.69, 9.17) is 4.42 Å². The fourth-order valence-corrected chi connectivity index (χ4v) is 3.82. The first kappa shape index (κ1) is 12.0. The molecule has 0 saturated carbocycles. The lowest BCUT2D eigenvalue weighted by Crippen LogP contribution is -1.98. The molecule has 1 N–H and O–H groups in total. The number of furan rings is 1. The quantitative estimate of drug-likeness (QED) is 0.851. The van der Waals surface area contributed by atoms with Crippen LogP contribution in [0.4, 0.5) is 0 Å². The van der Waals surface area contributed by atoms with Gasteiger partial charge in [0.1, 0.15) is 5.76 Å². The van der Waals surface area contributed by atoms with Gasteiger partial charge in [0.05, 0.1) is 12.4 Å². The van der Waals surface area contributed by atoms with Crippen molar-refractivity contribution in [3.63, 3.8) is 0 Å². The molecular formula is C15H18O2S. The standard InChI is InChI=1S/C15H18O2S/c16-13(10-12-6-4-8-17-12)15-9-11-5-2-1-3-7-14(11)18-15/h4,6,8-9,13,16H,1-3,5,7,10H2. The van der Waals surface area contributed by atoms with E-state index in [0.717, 1.165) is 10.6 Å². The van der Waals surface area contributed by atoms with Crippen LogP contribution in [0.3, 0.4) is 0 Å². The number of rotatable bonds is 3. The second kappa shape index (κ2) is 5.29. The van der Waals surface area contributed by atoms with Crippen molar-refractivity contribution in [3.05, 3.63) is 45.5 Å². The van der Waals surface area contributed by atoms with Crippen LogP contribution < -0.4 is 0 Å². The van der Waals surface area contributed by atoms with Crippen LogP contribution in [0.5, 0.6) is 0 Å². The molecule has 0 amide bonds. The maximum absolute atomic E-state index is 10.3. The van der Waals surface area contributed by atoms with Crippen LogP contribution in [0.1, 0.15) is 46.4 Å². The zero-order valence-electron chi connectivity index (χ0n) is 10.4. The number of hydrogen-bond acceptors (Lipinski definition) is 3. The maximum Gasteiger partial charge on any atom is 0.106 e. The Kier molecular flexibility index (Phi) is 3.52. The largest absolute Gasteiger partial charge is 0.469 e. The molecule has 0 radical (unpaired) electrons.